The van der Waals surface area contributed by atoms with Crippen LogP contribution >= 0.6 is 0 Å². The molecule has 3 aliphatic rings. The summed E-state index contributed by atoms with van der Waals surface area (Å²) in [4.78, 5) is 52.6. The summed E-state index contributed by atoms with van der Waals surface area (Å²) < 4.78 is 5.46. The van der Waals surface area contributed by atoms with Crippen LogP contribution in [0.15, 0.2) is 30.3 Å². The minimum Gasteiger partial charge on any atom is -0.444 e. The van der Waals surface area contributed by atoms with Crippen molar-refractivity contribution in [3.8, 4) is 0 Å². The first kappa shape index (κ1) is 25.2. The molecule has 0 saturated carbocycles. The molecule has 3 aliphatic heterocycles. The van der Waals surface area contributed by atoms with Crippen molar-refractivity contribution in [2.24, 2.45) is 5.92 Å². The Morgan fingerprint density at radius 1 is 1.09 bits per heavy atom. The molecule has 2 bridgehead atoms. The standard InChI is InChI=1S/C25H36N4O6/c1-25(2,3)35-24(32)27-13-7-10-19(14-27)16-33-26-22(30)21-12-11-20-15-28(21)23(31)29(20)34-17-18-8-5-4-6-9-18/h4-6,8-9,19-21H,7,10-17H2,1-3H3,(H,26,30). The number of likely N-dealkylation sites (tertiary alicyclic amines) is 1. The van der Waals surface area contributed by atoms with E-state index in [1.165, 1.54) is 5.06 Å². The zero-order chi connectivity index (χ0) is 25.0. The van der Waals surface area contributed by atoms with Crippen LogP contribution in [0.2, 0.25) is 0 Å². The van der Waals surface area contributed by atoms with Gasteiger partial charge in [-0.2, -0.15) is 5.06 Å². The third-order valence-electron chi connectivity index (χ3n) is 6.50. The maximum Gasteiger partial charge on any atom is 0.410 e. The van der Waals surface area contributed by atoms with Crippen LogP contribution in [-0.2, 0) is 25.8 Å². The first-order chi connectivity index (χ1) is 16.7. The molecule has 3 fully saturated rings. The van der Waals surface area contributed by atoms with E-state index in [1.54, 1.807) is 9.80 Å². The van der Waals surface area contributed by atoms with Crippen molar-refractivity contribution in [1.29, 1.82) is 0 Å². The molecule has 4 rings (SSSR count). The Morgan fingerprint density at radius 3 is 2.60 bits per heavy atom. The topological polar surface area (TPSA) is 101 Å². The molecule has 0 aromatic heterocycles. The number of fused-ring (bicyclic) bond motifs is 2. The van der Waals surface area contributed by atoms with Gasteiger partial charge in [0.25, 0.3) is 5.91 Å². The van der Waals surface area contributed by atoms with Crippen LogP contribution in [0.1, 0.15) is 52.0 Å². The molecule has 3 saturated heterocycles. The summed E-state index contributed by atoms with van der Waals surface area (Å²) in [6.07, 6.45) is 2.66. The van der Waals surface area contributed by atoms with Gasteiger partial charge in [-0.15, -0.1) is 0 Å². The molecule has 0 radical (unpaired) electrons. The van der Waals surface area contributed by atoms with Gasteiger partial charge in [0, 0.05) is 25.6 Å². The molecule has 4 amide bonds. The fraction of sp³-hybridized carbons (Fsp3) is 0.640. The number of nitrogens with zero attached hydrogens (tertiary/aromatic N) is 3. The van der Waals surface area contributed by atoms with Crippen LogP contribution < -0.4 is 5.48 Å². The molecule has 1 N–H and O–H groups in total. The zero-order valence-electron chi connectivity index (χ0n) is 20.8. The van der Waals surface area contributed by atoms with E-state index in [2.05, 4.69) is 5.48 Å². The fourth-order valence-corrected chi connectivity index (χ4v) is 4.78. The average molecular weight is 489 g/mol. The molecule has 3 unspecified atom stereocenters. The number of amides is 4. The lowest BCUT2D eigenvalue weighted by molar-refractivity contribution is -0.141. The van der Waals surface area contributed by atoms with E-state index in [-0.39, 0.29) is 30.0 Å². The number of hydrogen-bond donors (Lipinski definition) is 1. The van der Waals surface area contributed by atoms with Crippen LogP contribution in [-0.4, -0.2) is 76.8 Å². The van der Waals surface area contributed by atoms with E-state index in [1.807, 2.05) is 51.1 Å². The third kappa shape index (κ3) is 6.43. The number of urea groups is 1. The minimum atomic E-state index is -0.589. The largest absolute Gasteiger partial charge is 0.444 e. The molecule has 3 heterocycles. The van der Waals surface area contributed by atoms with Crippen LogP contribution in [0, 0.1) is 5.92 Å². The van der Waals surface area contributed by atoms with Gasteiger partial charge in [-0.3, -0.25) is 14.5 Å². The lowest BCUT2D eigenvalue weighted by atomic mass is 9.99. The lowest BCUT2D eigenvalue weighted by Crippen LogP contribution is -2.50. The predicted molar refractivity (Wildman–Crippen MR) is 127 cm³/mol. The van der Waals surface area contributed by atoms with Crippen LogP contribution in [0.3, 0.4) is 0 Å². The highest BCUT2D eigenvalue weighted by atomic mass is 16.7. The molecular weight excluding hydrogens is 452 g/mol. The first-order valence-electron chi connectivity index (χ1n) is 12.4. The quantitative estimate of drug-likeness (QED) is 0.592. The Balaban J connectivity index is 1.22. The molecule has 3 atom stereocenters. The van der Waals surface area contributed by atoms with E-state index in [9.17, 15) is 14.4 Å². The fourth-order valence-electron chi connectivity index (χ4n) is 4.78. The van der Waals surface area contributed by atoms with Gasteiger partial charge in [-0.25, -0.2) is 15.1 Å². The Bertz CT molecular complexity index is 905. The zero-order valence-corrected chi connectivity index (χ0v) is 20.8. The van der Waals surface area contributed by atoms with E-state index in [0.29, 0.717) is 45.7 Å². The van der Waals surface area contributed by atoms with Crippen molar-refractivity contribution in [1.82, 2.24) is 20.3 Å². The summed E-state index contributed by atoms with van der Waals surface area (Å²) in [5.74, 6) is -0.232. The summed E-state index contributed by atoms with van der Waals surface area (Å²) >= 11 is 0. The molecule has 35 heavy (non-hydrogen) atoms. The van der Waals surface area contributed by atoms with Crippen LogP contribution in [0.5, 0.6) is 0 Å². The van der Waals surface area contributed by atoms with E-state index < -0.39 is 11.6 Å². The van der Waals surface area contributed by atoms with Crippen molar-refractivity contribution in [2.75, 3.05) is 26.2 Å². The van der Waals surface area contributed by atoms with Gasteiger partial charge in [-0.05, 0) is 52.0 Å². The van der Waals surface area contributed by atoms with Gasteiger partial charge < -0.3 is 14.5 Å². The third-order valence-corrected chi connectivity index (χ3v) is 6.50. The van der Waals surface area contributed by atoms with Crippen LogP contribution in [0.4, 0.5) is 9.59 Å². The summed E-state index contributed by atoms with van der Waals surface area (Å²) in [7, 11) is 0. The van der Waals surface area contributed by atoms with E-state index >= 15 is 0 Å². The molecule has 10 heteroatoms. The molecular formula is C25H36N4O6. The summed E-state index contributed by atoms with van der Waals surface area (Å²) in [6.45, 7) is 7.77. The van der Waals surface area contributed by atoms with Crippen LogP contribution in [0.25, 0.3) is 0 Å². The van der Waals surface area contributed by atoms with Gasteiger partial charge in [0.2, 0.25) is 0 Å². The molecule has 0 spiro atoms. The van der Waals surface area contributed by atoms with Gasteiger partial charge in [0.15, 0.2) is 0 Å². The first-order valence-corrected chi connectivity index (χ1v) is 12.4. The maximum absolute atomic E-state index is 12.9. The minimum absolute atomic E-state index is 0.0581. The lowest BCUT2D eigenvalue weighted by Gasteiger charge is -2.34. The monoisotopic (exact) mass is 488 g/mol. The van der Waals surface area contributed by atoms with Crippen molar-refractivity contribution in [3.05, 3.63) is 35.9 Å². The average Bonchev–Trinajstić information content (AvgIpc) is 3.06. The molecule has 1 aromatic carbocycles. The van der Waals surface area contributed by atoms with Gasteiger partial charge in [0.05, 0.1) is 12.6 Å². The number of piperidine rings is 2. The maximum atomic E-state index is 12.9. The second-order valence-corrected chi connectivity index (χ2v) is 10.5. The smallest absolute Gasteiger partial charge is 0.410 e. The molecule has 10 nitrogen and oxygen atoms in total. The molecule has 192 valence electrons. The Morgan fingerprint density at radius 2 is 1.86 bits per heavy atom. The van der Waals surface area contributed by atoms with Gasteiger partial charge in [-0.1, -0.05) is 30.3 Å². The predicted octanol–water partition coefficient (Wildman–Crippen LogP) is 3.08. The Hall–Kier alpha value is -2.85. The van der Waals surface area contributed by atoms with Crippen molar-refractivity contribution in [2.45, 2.75) is 70.7 Å². The van der Waals surface area contributed by atoms with Gasteiger partial charge in [0.1, 0.15) is 18.2 Å². The van der Waals surface area contributed by atoms with Crippen molar-refractivity contribution >= 4 is 18.0 Å². The highest BCUT2D eigenvalue weighted by Gasteiger charge is 2.48. The Kier molecular flexibility index (Phi) is 7.81. The van der Waals surface area contributed by atoms with E-state index in [4.69, 9.17) is 14.4 Å². The number of carbonyl (C=O) groups is 3. The number of hydrogen-bond acceptors (Lipinski definition) is 6. The van der Waals surface area contributed by atoms with Crippen molar-refractivity contribution < 1.29 is 28.8 Å². The number of benzene rings is 1. The summed E-state index contributed by atoms with van der Waals surface area (Å²) in [5.41, 5.74) is 2.97. The van der Waals surface area contributed by atoms with Crippen molar-refractivity contribution in [3.63, 3.8) is 0 Å². The summed E-state index contributed by atoms with van der Waals surface area (Å²) in [6, 6.07) is 8.73. The second kappa shape index (κ2) is 10.8. The number of rotatable bonds is 7. The SMILES string of the molecule is CC(C)(C)OC(=O)N1CCCC(CONC(=O)C2CCC3CN2C(=O)N3OCc2ccccc2)C1. The number of hydroxylamine groups is 3. The highest BCUT2D eigenvalue weighted by molar-refractivity contribution is 5.88. The molecule has 1 aromatic rings. The summed E-state index contributed by atoms with van der Waals surface area (Å²) in [5, 5.41) is 1.41. The Labute approximate surface area is 206 Å². The van der Waals surface area contributed by atoms with Gasteiger partial charge >= 0.3 is 12.1 Å². The second-order valence-electron chi connectivity index (χ2n) is 10.5. The number of nitrogens with one attached hydrogen (secondary N) is 1. The normalized spacial score (nSPS) is 24.5. The molecule has 0 aliphatic carbocycles. The van der Waals surface area contributed by atoms with E-state index in [0.717, 1.165) is 18.4 Å². The number of carbonyl (C=O) groups excluding carboxylic acids is 3. The number of ether oxygens (including phenoxy) is 1. The highest BCUT2D eigenvalue weighted by Crippen LogP contribution is 2.30.